The van der Waals surface area contributed by atoms with E-state index < -0.39 is 0 Å². The van der Waals surface area contributed by atoms with E-state index in [4.69, 9.17) is 16.0 Å². The summed E-state index contributed by atoms with van der Waals surface area (Å²) in [5.74, 6) is 0.0458. The van der Waals surface area contributed by atoms with Gasteiger partial charge in [-0.05, 0) is 24.6 Å². The van der Waals surface area contributed by atoms with Gasteiger partial charge in [0.25, 0.3) is 5.89 Å². The molecular weight excluding hydrogens is 314 g/mol. The second-order valence-electron chi connectivity index (χ2n) is 5.10. The summed E-state index contributed by atoms with van der Waals surface area (Å²) in [7, 11) is 0. The van der Waals surface area contributed by atoms with E-state index in [9.17, 15) is 4.79 Å². The van der Waals surface area contributed by atoms with Gasteiger partial charge in [0, 0.05) is 0 Å². The van der Waals surface area contributed by atoms with Crippen molar-refractivity contribution in [1.82, 2.24) is 10.2 Å². The fraction of sp³-hybridized carbons (Fsp3) is 0.118. The van der Waals surface area contributed by atoms with E-state index in [0.717, 1.165) is 11.1 Å². The van der Waals surface area contributed by atoms with E-state index in [1.807, 2.05) is 43.3 Å². The van der Waals surface area contributed by atoms with Crippen molar-refractivity contribution in [3.8, 4) is 11.5 Å². The number of nitrogens with zero attached hydrogens (tertiary/aromatic N) is 2. The number of carbonyl (C=O) groups excluding carboxylic acids is 1. The highest BCUT2D eigenvalue weighted by Crippen LogP contribution is 2.27. The number of hydrogen-bond acceptors (Lipinski definition) is 4. The molecule has 0 bridgehead atoms. The molecule has 0 fully saturated rings. The maximum atomic E-state index is 12.0. The molecular formula is C17H14ClN3O2. The average Bonchev–Trinajstić information content (AvgIpc) is 2.98. The van der Waals surface area contributed by atoms with Crippen molar-refractivity contribution in [1.29, 1.82) is 0 Å². The number of hydrogen-bond donors (Lipinski definition) is 1. The number of aryl methyl sites for hydroxylation is 1. The highest BCUT2D eigenvalue weighted by molar-refractivity contribution is 6.33. The number of nitrogens with one attached hydrogen (secondary N) is 1. The van der Waals surface area contributed by atoms with Crippen LogP contribution in [0.3, 0.4) is 0 Å². The van der Waals surface area contributed by atoms with Crippen LogP contribution in [-0.2, 0) is 11.2 Å². The molecule has 2 aromatic carbocycles. The molecule has 0 unspecified atom stereocenters. The zero-order valence-corrected chi connectivity index (χ0v) is 13.2. The zero-order chi connectivity index (χ0) is 16.2. The van der Waals surface area contributed by atoms with Gasteiger partial charge < -0.3 is 4.42 Å². The molecule has 6 heteroatoms. The van der Waals surface area contributed by atoms with Crippen molar-refractivity contribution in [3.63, 3.8) is 0 Å². The number of rotatable bonds is 4. The molecule has 0 atom stereocenters. The summed E-state index contributed by atoms with van der Waals surface area (Å²) < 4.78 is 5.44. The van der Waals surface area contributed by atoms with Crippen LogP contribution in [-0.4, -0.2) is 16.1 Å². The first-order valence-corrected chi connectivity index (χ1v) is 7.43. The predicted octanol–water partition coefficient (Wildman–Crippen LogP) is 3.88. The molecule has 0 spiro atoms. The average molecular weight is 328 g/mol. The van der Waals surface area contributed by atoms with Gasteiger partial charge in [0.2, 0.25) is 5.91 Å². The maximum absolute atomic E-state index is 12.0. The topological polar surface area (TPSA) is 68.0 Å². The first-order chi connectivity index (χ1) is 11.1. The summed E-state index contributed by atoms with van der Waals surface area (Å²) in [6.45, 7) is 2.00. The van der Waals surface area contributed by atoms with Crippen LogP contribution in [0.15, 0.2) is 52.9 Å². The molecule has 1 amide bonds. The van der Waals surface area contributed by atoms with Crippen molar-refractivity contribution < 1.29 is 9.21 Å². The van der Waals surface area contributed by atoms with Crippen LogP contribution in [0.1, 0.15) is 11.1 Å². The summed E-state index contributed by atoms with van der Waals surface area (Å²) in [5, 5.41) is 10.8. The van der Waals surface area contributed by atoms with E-state index in [2.05, 4.69) is 15.5 Å². The SMILES string of the molecule is Cc1ccc(CC(=O)Nc2nnc(-c3ccccc3Cl)o2)cc1. The summed E-state index contributed by atoms with van der Waals surface area (Å²) in [6.07, 6.45) is 0.240. The number of carbonyl (C=O) groups is 1. The largest absolute Gasteiger partial charge is 0.403 e. The van der Waals surface area contributed by atoms with Crippen LogP contribution in [0.2, 0.25) is 5.02 Å². The molecule has 5 nitrogen and oxygen atoms in total. The Morgan fingerprint density at radius 2 is 1.87 bits per heavy atom. The zero-order valence-electron chi connectivity index (χ0n) is 12.4. The van der Waals surface area contributed by atoms with Gasteiger partial charge in [0.15, 0.2) is 0 Å². The summed E-state index contributed by atoms with van der Waals surface area (Å²) in [4.78, 5) is 12.0. The van der Waals surface area contributed by atoms with Crippen molar-refractivity contribution in [3.05, 3.63) is 64.7 Å². The molecule has 0 aliphatic heterocycles. The van der Waals surface area contributed by atoms with E-state index in [-0.39, 0.29) is 24.2 Å². The highest BCUT2D eigenvalue weighted by Gasteiger charge is 2.13. The number of benzene rings is 2. The summed E-state index contributed by atoms with van der Waals surface area (Å²) in [5.41, 5.74) is 2.69. The lowest BCUT2D eigenvalue weighted by Crippen LogP contribution is -2.14. The molecule has 0 saturated carbocycles. The fourth-order valence-electron chi connectivity index (χ4n) is 2.07. The molecule has 3 aromatic rings. The minimum absolute atomic E-state index is 0.0528. The Morgan fingerprint density at radius 1 is 1.13 bits per heavy atom. The molecule has 1 N–H and O–H groups in total. The van der Waals surface area contributed by atoms with E-state index >= 15 is 0 Å². The normalized spacial score (nSPS) is 10.5. The number of anilines is 1. The van der Waals surface area contributed by atoms with Crippen LogP contribution < -0.4 is 5.32 Å². The van der Waals surface area contributed by atoms with Crippen molar-refractivity contribution in [2.24, 2.45) is 0 Å². The molecule has 0 saturated heterocycles. The Hall–Kier alpha value is -2.66. The predicted molar refractivity (Wildman–Crippen MR) is 88.3 cm³/mol. The molecule has 1 aromatic heterocycles. The third-order valence-corrected chi connectivity index (χ3v) is 3.59. The molecule has 0 radical (unpaired) electrons. The van der Waals surface area contributed by atoms with Crippen LogP contribution >= 0.6 is 11.6 Å². The number of amides is 1. The Labute approximate surface area is 138 Å². The van der Waals surface area contributed by atoms with E-state index in [1.165, 1.54) is 0 Å². The lowest BCUT2D eigenvalue weighted by Gasteiger charge is -2.01. The van der Waals surface area contributed by atoms with Gasteiger partial charge in [-0.3, -0.25) is 10.1 Å². The van der Waals surface area contributed by atoms with Crippen molar-refractivity contribution >= 4 is 23.5 Å². The van der Waals surface area contributed by atoms with Gasteiger partial charge in [0.1, 0.15) is 0 Å². The highest BCUT2D eigenvalue weighted by atomic mass is 35.5. The first-order valence-electron chi connectivity index (χ1n) is 7.05. The maximum Gasteiger partial charge on any atom is 0.322 e. The smallest absolute Gasteiger partial charge is 0.322 e. The van der Waals surface area contributed by atoms with Crippen molar-refractivity contribution in [2.45, 2.75) is 13.3 Å². The minimum Gasteiger partial charge on any atom is -0.403 e. The molecule has 1 heterocycles. The first kappa shape index (κ1) is 15.2. The van der Waals surface area contributed by atoms with Gasteiger partial charge in [-0.25, -0.2) is 0 Å². The standard InChI is InChI=1S/C17H14ClN3O2/c1-11-6-8-12(9-7-11)10-15(22)19-17-21-20-16(23-17)13-4-2-3-5-14(13)18/h2-9H,10H2,1H3,(H,19,21,22). The van der Waals surface area contributed by atoms with E-state index in [1.54, 1.807) is 12.1 Å². The van der Waals surface area contributed by atoms with Gasteiger partial charge in [-0.1, -0.05) is 58.7 Å². The van der Waals surface area contributed by atoms with Crippen LogP contribution in [0.4, 0.5) is 6.01 Å². The van der Waals surface area contributed by atoms with Gasteiger partial charge in [-0.2, -0.15) is 0 Å². The second kappa shape index (κ2) is 6.62. The van der Waals surface area contributed by atoms with Crippen LogP contribution in [0, 0.1) is 6.92 Å². The molecule has 23 heavy (non-hydrogen) atoms. The monoisotopic (exact) mass is 327 g/mol. The molecule has 0 aliphatic rings. The lowest BCUT2D eigenvalue weighted by molar-refractivity contribution is -0.115. The van der Waals surface area contributed by atoms with Gasteiger partial charge >= 0.3 is 6.01 Å². The quantitative estimate of drug-likeness (QED) is 0.789. The Balaban J connectivity index is 1.68. The Morgan fingerprint density at radius 3 is 2.61 bits per heavy atom. The van der Waals surface area contributed by atoms with Gasteiger partial charge in [0.05, 0.1) is 17.0 Å². The Kier molecular flexibility index (Phi) is 4.39. The van der Waals surface area contributed by atoms with Crippen LogP contribution in [0.25, 0.3) is 11.5 Å². The van der Waals surface area contributed by atoms with Crippen LogP contribution in [0.5, 0.6) is 0 Å². The second-order valence-corrected chi connectivity index (χ2v) is 5.51. The molecule has 3 rings (SSSR count). The lowest BCUT2D eigenvalue weighted by atomic mass is 10.1. The molecule has 116 valence electrons. The summed E-state index contributed by atoms with van der Waals surface area (Å²) in [6, 6.07) is 14.9. The fourth-order valence-corrected chi connectivity index (χ4v) is 2.29. The summed E-state index contributed by atoms with van der Waals surface area (Å²) >= 11 is 6.08. The molecule has 0 aliphatic carbocycles. The van der Waals surface area contributed by atoms with Crippen molar-refractivity contribution in [2.75, 3.05) is 5.32 Å². The minimum atomic E-state index is -0.219. The third-order valence-electron chi connectivity index (χ3n) is 3.26. The van der Waals surface area contributed by atoms with Gasteiger partial charge in [-0.15, -0.1) is 5.10 Å². The number of halogens is 1. The Bertz CT molecular complexity index is 828. The van der Waals surface area contributed by atoms with E-state index in [0.29, 0.717) is 10.6 Å². The third kappa shape index (κ3) is 3.76. The number of aromatic nitrogens is 2.